The van der Waals surface area contributed by atoms with Crippen molar-refractivity contribution < 1.29 is 37.3 Å². The van der Waals surface area contributed by atoms with E-state index in [0.717, 1.165) is 22.1 Å². The number of amides is 1. The number of thioether (sulfide) groups is 1. The maximum atomic E-state index is 14.6. The number of pyridine rings is 1. The molecule has 41 heavy (non-hydrogen) atoms. The van der Waals surface area contributed by atoms with Crippen molar-refractivity contribution in [3.05, 3.63) is 92.4 Å². The third-order valence-corrected chi connectivity index (χ3v) is 8.37. The van der Waals surface area contributed by atoms with Gasteiger partial charge in [-0.3, -0.25) is 14.3 Å². The molecule has 1 saturated heterocycles. The molecule has 1 fully saturated rings. The summed E-state index contributed by atoms with van der Waals surface area (Å²) in [6.45, 7) is 0.466. The minimum absolute atomic E-state index is 0.0865. The highest BCUT2D eigenvalue weighted by Gasteiger charge is 2.44. The molecule has 0 aliphatic carbocycles. The van der Waals surface area contributed by atoms with Gasteiger partial charge in [0.15, 0.2) is 17.3 Å². The smallest absolute Gasteiger partial charge is 0.432 e. The summed E-state index contributed by atoms with van der Waals surface area (Å²) < 4.78 is 51.1. The van der Waals surface area contributed by atoms with E-state index in [1.807, 2.05) is 18.2 Å². The predicted octanol–water partition coefficient (Wildman–Crippen LogP) is 3.58. The van der Waals surface area contributed by atoms with Gasteiger partial charge in [0.05, 0.1) is 13.2 Å². The highest BCUT2D eigenvalue weighted by molar-refractivity contribution is 7.98. The van der Waals surface area contributed by atoms with Gasteiger partial charge in [0.1, 0.15) is 18.9 Å². The molecule has 10 nitrogen and oxygen atoms in total. The Balaban J connectivity index is 1.34. The monoisotopic (exact) mass is 585 g/mol. The van der Waals surface area contributed by atoms with E-state index >= 15 is 0 Å². The van der Waals surface area contributed by atoms with Crippen LogP contribution in [0.25, 0.3) is 0 Å². The van der Waals surface area contributed by atoms with Crippen LogP contribution < -0.4 is 15.6 Å². The van der Waals surface area contributed by atoms with Crippen LogP contribution in [0.5, 0.6) is 5.75 Å². The molecule has 3 aliphatic heterocycles. The van der Waals surface area contributed by atoms with Gasteiger partial charge in [-0.2, -0.15) is 0 Å². The molecule has 3 aliphatic rings. The van der Waals surface area contributed by atoms with Crippen molar-refractivity contribution in [2.75, 3.05) is 38.9 Å². The Morgan fingerprint density at radius 2 is 2.00 bits per heavy atom. The minimum atomic E-state index is -1.14. The van der Waals surface area contributed by atoms with Crippen molar-refractivity contribution in [2.45, 2.75) is 29.3 Å². The Morgan fingerprint density at radius 1 is 1.15 bits per heavy atom. The Labute approximate surface area is 237 Å². The van der Waals surface area contributed by atoms with Gasteiger partial charge in [-0.1, -0.05) is 18.2 Å². The lowest BCUT2D eigenvalue weighted by Gasteiger charge is -2.46. The van der Waals surface area contributed by atoms with Crippen LogP contribution in [-0.4, -0.2) is 61.3 Å². The number of hydrogen-bond donors (Lipinski definition) is 1. The number of fused-ring (bicyclic) bond motifs is 4. The van der Waals surface area contributed by atoms with Crippen molar-refractivity contribution in [3.8, 4) is 5.75 Å². The normalized spacial score (nSPS) is 19.2. The number of hydrogen-bond acceptors (Lipinski definition) is 9. The van der Waals surface area contributed by atoms with E-state index in [4.69, 9.17) is 18.9 Å². The summed E-state index contributed by atoms with van der Waals surface area (Å²) in [5, 5.41) is 0. The molecule has 6 rings (SSSR count). The first kappa shape index (κ1) is 27.2. The Hall–Kier alpha value is -3.94. The SMILES string of the molecule is COCCOC(=O)Oc1c2n(ccc1=O)N[C@@H]1[C@H](c3cccc4c3Cc3ccc(F)c(F)c3CS4)OCCN1C2=O. The van der Waals surface area contributed by atoms with Crippen molar-refractivity contribution in [2.24, 2.45) is 0 Å². The fourth-order valence-corrected chi connectivity index (χ4v) is 6.44. The number of methoxy groups -OCH3 is 1. The average Bonchev–Trinajstić information content (AvgIpc) is 3.16. The number of rotatable bonds is 5. The molecule has 1 aromatic heterocycles. The first-order valence-corrected chi connectivity index (χ1v) is 13.8. The summed E-state index contributed by atoms with van der Waals surface area (Å²) >= 11 is 1.42. The molecule has 13 heteroatoms. The van der Waals surface area contributed by atoms with E-state index in [1.165, 1.54) is 40.7 Å². The zero-order valence-corrected chi connectivity index (χ0v) is 22.7. The van der Waals surface area contributed by atoms with E-state index < -0.39 is 47.1 Å². The van der Waals surface area contributed by atoms with Gasteiger partial charge in [0.2, 0.25) is 11.2 Å². The fourth-order valence-electron chi connectivity index (χ4n) is 5.29. The highest BCUT2D eigenvalue weighted by Crippen LogP contribution is 2.41. The zero-order valence-electron chi connectivity index (χ0n) is 21.9. The van der Waals surface area contributed by atoms with Gasteiger partial charge in [-0.05, 0) is 35.2 Å². The van der Waals surface area contributed by atoms with Crippen molar-refractivity contribution in [3.63, 3.8) is 0 Å². The summed E-state index contributed by atoms with van der Waals surface area (Å²) in [5.74, 6) is -2.42. The molecule has 0 spiro atoms. The number of carbonyl (C=O) groups is 2. The quantitative estimate of drug-likeness (QED) is 0.355. The van der Waals surface area contributed by atoms with Gasteiger partial charge < -0.3 is 29.3 Å². The molecule has 2 atom stereocenters. The number of carbonyl (C=O) groups excluding carboxylic acids is 2. The van der Waals surface area contributed by atoms with Crippen LogP contribution in [0.15, 0.2) is 52.3 Å². The highest BCUT2D eigenvalue weighted by atomic mass is 32.2. The van der Waals surface area contributed by atoms with Crippen LogP contribution in [0.4, 0.5) is 13.6 Å². The minimum Gasteiger partial charge on any atom is -0.432 e. The van der Waals surface area contributed by atoms with Crippen LogP contribution in [0, 0.1) is 11.6 Å². The van der Waals surface area contributed by atoms with Gasteiger partial charge in [0, 0.05) is 42.1 Å². The second-order valence-electron chi connectivity index (χ2n) is 9.57. The second kappa shape index (κ2) is 11.1. The lowest BCUT2D eigenvalue weighted by molar-refractivity contribution is -0.0605. The molecule has 214 valence electrons. The maximum Gasteiger partial charge on any atom is 0.514 e. The van der Waals surface area contributed by atoms with E-state index in [-0.39, 0.29) is 37.8 Å². The number of nitrogens with one attached hydrogen (secondary N) is 1. The predicted molar refractivity (Wildman–Crippen MR) is 143 cm³/mol. The number of nitrogens with zero attached hydrogens (tertiary/aromatic N) is 2. The summed E-state index contributed by atoms with van der Waals surface area (Å²) in [5.41, 5.74) is 5.13. The Kier molecular flexibility index (Phi) is 7.41. The third kappa shape index (κ3) is 4.94. The lowest BCUT2D eigenvalue weighted by atomic mass is 9.92. The lowest BCUT2D eigenvalue weighted by Crippen LogP contribution is -2.60. The summed E-state index contributed by atoms with van der Waals surface area (Å²) in [6, 6.07) is 9.61. The van der Waals surface area contributed by atoms with E-state index in [2.05, 4.69) is 5.43 Å². The van der Waals surface area contributed by atoms with Gasteiger partial charge in [-0.25, -0.2) is 13.6 Å². The standard InChI is InChI=1S/C28H25F2N3O7S/c1-37-11-12-39-28(36)40-25-20(34)7-8-33-23(25)27(35)32-9-10-38-24(26(32)31-33)16-3-2-4-21-17(16)13-15-5-6-19(29)22(30)18(15)14-41-21/h2-8,24,26,31H,9-14H2,1H3/t24-,26-/m0/s1. The van der Waals surface area contributed by atoms with Crippen LogP contribution >= 0.6 is 11.8 Å². The van der Waals surface area contributed by atoms with Crippen LogP contribution in [0.2, 0.25) is 0 Å². The molecule has 1 amide bonds. The largest absolute Gasteiger partial charge is 0.514 e. The third-order valence-electron chi connectivity index (χ3n) is 7.24. The summed E-state index contributed by atoms with van der Waals surface area (Å²) in [7, 11) is 1.44. The maximum absolute atomic E-state index is 14.6. The molecule has 0 radical (unpaired) electrons. The molecule has 0 bridgehead atoms. The fraction of sp³-hybridized carbons (Fsp3) is 0.321. The molecule has 0 saturated carbocycles. The Morgan fingerprint density at radius 3 is 2.83 bits per heavy atom. The molecule has 3 aromatic rings. The van der Waals surface area contributed by atoms with Crippen LogP contribution in [0.3, 0.4) is 0 Å². The molecule has 4 heterocycles. The number of morpholine rings is 1. The molecule has 1 N–H and O–H groups in total. The number of aromatic nitrogens is 1. The summed E-state index contributed by atoms with van der Waals surface area (Å²) in [4.78, 5) is 41.0. The summed E-state index contributed by atoms with van der Waals surface area (Å²) in [6.07, 6.45) is -0.707. The molecular formula is C28H25F2N3O7S. The van der Waals surface area contributed by atoms with E-state index in [1.54, 1.807) is 6.07 Å². The zero-order chi connectivity index (χ0) is 28.7. The average molecular weight is 586 g/mol. The van der Waals surface area contributed by atoms with E-state index in [0.29, 0.717) is 17.5 Å². The van der Waals surface area contributed by atoms with Crippen molar-refractivity contribution >= 4 is 23.8 Å². The van der Waals surface area contributed by atoms with Crippen molar-refractivity contribution in [1.82, 2.24) is 9.58 Å². The van der Waals surface area contributed by atoms with Crippen LogP contribution in [0.1, 0.15) is 38.8 Å². The van der Waals surface area contributed by atoms with Crippen LogP contribution in [-0.2, 0) is 26.4 Å². The number of benzene rings is 2. The molecular weight excluding hydrogens is 560 g/mol. The first-order chi connectivity index (χ1) is 19.9. The van der Waals surface area contributed by atoms with Gasteiger partial charge in [-0.15, -0.1) is 11.8 Å². The molecule has 0 unspecified atom stereocenters. The van der Waals surface area contributed by atoms with Gasteiger partial charge in [0.25, 0.3) is 5.91 Å². The number of ether oxygens (including phenoxy) is 4. The van der Waals surface area contributed by atoms with Crippen molar-refractivity contribution in [1.29, 1.82) is 0 Å². The first-order valence-electron chi connectivity index (χ1n) is 12.9. The molecule has 2 aromatic carbocycles. The topological polar surface area (TPSA) is 108 Å². The van der Waals surface area contributed by atoms with E-state index in [9.17, 15) is 23.2 Å². The second-order valence-corrected chi connectivity index (χ2v) is 10.6. The van der Waals surface area contributed by atoms with Gasteiger partial charge >= 0.3 is 6.16 Å². The number of halogens is 2. The Bertz CT molecular complexity index is 1600.